The Morgan fingerprint density at radius 1 is 1.06 bits per heavy atom. The van der Waals surface area contributed by atoms with Gasteiger partial charge in [-0.3, -0.25) is 0 Å². The number of carbonyl (C=O) groups is 2. The van der Waals surface area contributed by atoms with Gasteiger partial charge in [-0.15, -0.1) is 0 Å². The van der Waals surface area contributed by atoms with Gasteiger partial charge in [-0.05, 0) is 0 Å². The average molecular weight is 366 g/mol. The van der Waals surface area contributed by atoms with E-state index in [1.807, 2.05) is 19.1 Å². The zero-order chi connectivity index (χ0) is 13.7. The van der Waals surface area contributed by atoms with E-state index in [0.717, 1.165) is 5.56 Å². The predicted octanol–water partition coefficient (Wildman–Crippen LogP) is 2.64. The summed E-state index contributed by atoms with van der Waals surface area (Å²) in [5.74, 6) is -0.268. The second-order valence-corrected chi connectivity index (χ2v) is 6.89. The second-order valence-electron chi connectivity index (χ2n) is 3.52. The van der Waals surface area contributed by atoms with Crippen molar-refractivity contribution in [1.29, 1.82) is 0 Å². The van der Waals surface area contributed by atoms with E-state index in [1.165, 1.54) is 13.8 Å². The average Bonchev–Trinajstić information content (AvgIpc) is 2.26. The molecule has 18 heavy (non-hydrogen) atoms. The molecule has 0 aliphatic rings. The van der Waals surface area contributed by atoms with E-state index < -0.39 is 32.6 Å². The third-order valence-electron chi connectivity index (χ3n) is 1.79. The number of rotatable bonds is 4. The molecule has 5 nitrogen and oxygen atoms in total. The van der Waals surface area contributed by atoms with E-state index in [4.69, 9.17) is 10.9 Å². The van der Waals surface area contributed by atoms with Crippen LogP contribution in [0.5, 0.6) is 5.75 Å². The molecule has 1 aromatic rings. The number of hydrogen-bond donors (Lipinski definition) is 0. The van der Waals surface area contributed by atoms with Gasteiger partial charge in [0.05, 0.1) is 0 Å². The SMILES string of the molecule is COc1cc(C)cc(I(OC(C)=O)OC(C)=O)c1. The molecule has 0 atom stereocenters. The molecule has 0 aromatic heterocycles. The van der Waals surface area contributed by atoms with Crippen LogP contribution in [0.15, 0.2) is 18.2 Å². The minimum atomic E-state index is -2.75. The Balaban J connectivity index is 3.06. The second kappa shape index (κ2) is 6.58. The zero-order valence-electron chi connectivity index (χ0n) is 10.7. The molecule has 0 unspecified atom stereocenters. The summed E-state index contributed by atoms with van der Waals surface area (Å²) in [6.45, 7) is 4.48. The van der Waals surface area contributed by atoms with Crippen LogP contribution < -0.4 is 4.74 Å². The van der Waals surface area contributed by atoms with Gasteiger partial charge in [0.2, 0.25) is 0 Å². The summed E-state index contributed by atoms with van der Waals surface area (Å²) in [6.07, 6.45) is 0. The Morgan fingerprint density at radius 2 is 1.61 bits per heavy atom. The van der Waals surface area contributed by atoms with Crippen LogP contribution in [0.4, 0.5) is 0 Å². The molecular weight excluding hydrogens is 351 g/mol. The van der Waals surface area contributed by atoms with Crippen LogP contribution in [-0.2, 0) is 15.7 Å². The van der Waals surface area contributed by atoms with Gasteiger partial charge in [-0.25, -0.2) is 0 Å². The molecule has 0 heterocycles. The molecule has 1 rings (SSSR count). The molecular formula is C12H15IO5. The van der Waals surface area contributed by atoms with Gasteiger partial charge in [-0.2, -0.15) is 0 Å². The quantitative estimate of drug-likeness (QED) is 0.767. The fraction of sp³-hybridized carbons (Fsp3) is 0.333. The van der Waals surface area contributed by atoms with Gasteiger partial charge in [0.15, 0.2) is 0 Å². The fourth-order valence-corrected chi connectivity index (χ4v) is 4.24. The monoisotopic (exact) mass is 366 g/mol. The summed E-state index contributed by atoms with van der Waals surface area (Å²) in [5.41, 5.74) is 0.950. The zero-order valence-corrected chi connectivity index (χ0v) is 12.8. The maximum absolute atomic E-state index is 11.0. The number of ether oxygens (including phenoxy) is 1. The van der Waals surface area contributed by atoms with Crippen molar-refractivity contribution in [2.45, 2.75) is 20.8 Å². The number of halogens is 1. The number of aryl methyl sites for hydroxylation is 1. The van der Waals surface area contributed by atoms with E-state index in [9.17, 15) is 9.59 Å². The van der Waals surface area contributed by atoms with Crippen LogP contribution in [0.2, 0.25) is 0 Å². The predicted molar refractivity (Wildman–Crippen MR) is 74.0 cm³/mol. The first-order valence-corrected chi connectivity index (χ1v) is 8.00. The summed E-state index contributed by atoms with van der Waals surface area (Å²) in [6, 6.07) is 5.41. The molecule has 0 spiro atoms. The van der Waals surface area contributed by atoms with Crippen LogP contribution in [0, 0.1) is 10.5 Å². The molecule has 0 amide bonds. The Bertz CT molecular complexity index is 442. The number of methoxy groups -OCH3 is 1. The van der Waals surface area contributed by atoms with Gasteiger partial charge >= 0.3 is 114 Å². The van der Waals surface area contributed by atoms with Crippen molar-refractivity contribution < 1.29 is 20.5 Å². The summed E-state index contributed by atoms with van der Waals surface area (Å²) in [4.78, 5) is 22.1. The normalized spacial score (nSPS) is 10.6. The number of hydrogen-bond acceptors (Lipinski definition) is 5. The summed E-state index contributed by atoms with van der Waals surface area (Å²) >= 11 is -2.75. The minimum absolute atomic E-state index is 0.457. The Hall–Kier alpha value is -1.31. The van der Waals surface area contributed by atoms with E-state index in [2.05, 4.69) is 0 Å². The van der Waals surface area contributed by atoms with Crippen molar-refractivity contribution in [1.82, 2.24) is 0 Å². The third kappa shape index (κ3) is 4.52. The summed E-state index contributed by atoms with van der Waals surface area (Å²) < 4.78 is 16.1. The van der Waals surface area contributed by atoms with E-state index in [1.54, 1.807) is 13.2 Å². The Kier molecular flexibility index (Phi) is 5.39. The fourth-order valence-electron chi connectivity index (χ4n) is 1.21. The van der Waals surface area contributed by atoms with E-state index in [-0.39, 0.29) is 0 Å². The molecule has 0 saturated heterocycles. The summed E-state index contributed by atoms with van der Waals surface area (Å²) in [7, 11) is 1.55. The first-order chi connectivity index (χ1) is 8.42. The van der Waals surface area contributed by atoms with Crippen LogP contribution in [0.25, 0.3) is 0 Å². The Labute approximate surface area is 114 Å². The van der Waals surface area contributed by atoms with E-state index >= 15 is 0 Å². The van der Waals surface area contributed by atoms with Crippen LogP contribution in [0.3, 0.4) is 0 Å². The van der Waals surface area contributed by atoms with Crippen LogP contribution >= 0.6 is 20.6 Å². The van der Waals surface area contributed by atoms with Crippen molar-refractivity contribution in [3.8, 4) is 5.75 Å². The van der Waals surface area contributed by atoms with Crippen molar-refractivity contribution in [3.05, 3.63) is 27.3 Å². The number of carbonyl (C=O) groups excluding carboxylic acids is 2. The molecule has 0 fully saturated rings. The number of benzene rings is 1. The van der Waals surface area contributed by atoms with Gasteiger partial charge in [0, 0.05) is 0 Å². The van der Waals surface area contributed by atoms with Crippen molar-refractivity contribution in [3.63, 3.8) is 0 Å². The topological polar surface area (TPSA) is 61.8 Å². The van der Waals surface area contributed by atoms with Gasteiger partial charge in [-0.1, -0.05) is 0 Å². The molecule has 0 aliphatic carbocycles. The Morgan fingerprint density at radius 3 is 2.06 bits per heavy atom. The molecule has 0 N–H and O–H groups in total. The van der Waals surface area contributed by atoms with Crippen molar-refractivity contribution in [2.24, 2.45) is 0 Å². The molecule has 6 heteroatoms. The van der Waals surface area contributed by atoms with Crippen molar-refractivity contribution >= 4 is 32.6 Å². The van der Waals surface area contributed by atoms with Crippen molar-refractivity contribution in [2.75, 3.05) is 7.11 Å². The van der Waals surface area contributed by atoms with Gasteiger partial charge in [0.25, 0.3) is 0 Å². The molecule has 0 aliphatic heterocycles. The third-order valence-corrected chi connectivity index (χ3v) is 5.47. The standard InChI is InChI=1S/C12H15IO5/c1-8-5-11(7-12(6-8)16-4)13(17-9(2)14)18-10(3)15/h5-7H,1-4H3. The van der Waals surface area contributed by atoms with Crippen LogP contribution in [0.1, 0.15) is 19.4 Å². The molecule has 0 bridgehead atoms. The molecule has 100 valence electrons. The van der Waals surface area contributed by atoms with E-state index in [0.29, 0.717) is 9.32 Å². The molecule has 1 aromatic carbocycles. The van der Waals surface area contributed by atoms with Crippen LogP contribution in [-0.4, -0.2) is 19.0 Å². The van der Waals surface area contributed by atoms with Gasteiger partial charge < -0.3 is 0 Å². The maximum atomic E-state index is 11.0. The molecule has 0 radical (unpaired) electrons. The van der Waals surface area contributed by atoms with Gasteiger partial charge in [0.1, 0.15) is 0 Å². The first kappa shape index (κ1) is 14.7. The first-order valence-electron chi connectivity index (χ1n) is 5.16. The molecule has 0 saturated carbocycles. The summed E-state index contributed by atoms with van der Waals surface area (Å²) in [5, 5.41) is 0.